The van der Waals surface area contributed by atoms with Crippen LogP contribution in [0.3, 0.4) is 0 Å². The van der Waals surface area contributed by atoms with E-state index in [1.807, 2.05) is 24.3 Å². The van der Waals surface area contributed by atoms with Gasteiger partial charge in [0.05, 0.1) is 6.67 Å². The van der Waals surface area contributed by atoms with Gasteiger partial charge in [-0.25, -0.2) is 0 Å². The van der Waals surface area contributed by atoms with E-state index in [1.54, 1.807) is 0 Å². The zero-order valence-electron chi connectivity index (χ0n) is 6.39. The number of rotatable bonds is 3. The van der Waals surface area contributed by atoms with Crippen molar-refractivity contribution in [3.8, 4) is 0 Å². The molecule has 1 aromatic rings. The second kappa shape index (κ2) is 4.09. The fourth-order valence-electron chi connectivity index (χ4n) is 1.02. The number of benzene rings is 1. The van der Waals surface area contributed by atoms with Crippen molar-refractivity contribution >= 4 is 0 Å². The summed E-state index contributed by atoms with van der Waals surface area (Å²) in [6.45, 7) is 0.230. The minimum atomic E-state index is -0.298. The number of aryl methyl sites for hydroxylation is 1. The molecule has 0 heterocycles. The first-order valence-electron chi connectivity index (χ1n) is 3.70. The zero-order valence-corrected chi connectivity index (χ0v) is 6.39. The van der Waals surface area contributed by atoms with Gasteiger partial charge in [0.15, 0.2) is 0 Å². The molecule has 2 N–H and O–H groups in total. The molecule has 0 saturated heterocycles. The topological polar surface area (TPSA) is 26.0 Å². The van der Waals surface area contributed by atoms with Crippen molar-refractivity contribution in [3.63, 3.8) is 0 Å². The highest BCUT2D eigenvalue weighted by molar-refractivity contribution is 5.23. The molecule has 1 nitrogen and oxygen atoms in total. The molecule has 1 aromatic carbocycles. The van der Waals surface area contributed by atoms with Gasteiger partial charge in [-0.05, 0) is 11.1 Å². The molecule has 1 rings (SSSR count). The van der Waals surface area contributed by atoms with Crippen LogP contribution in [-0.2, 0) is 13.0 Å². The molecule has 0 fully saturated rings. The Bertz CT molecular complexity index is 223. The Kier molecular flexibility index (Phi) is 3.05. The molecule has 0 aromatic heterocycles. The largest absolute Gasteiger partial charge is 0.326 e. The van der Waals surface area contributed by atoms with Crippen molar-refractivity contribution in [3.05, 3.63) is 35.4 Å². The Morgan fingerprint density at radius 1 is 1.27 bits per heavy atom. The molecule has 0 aliphatic rings. The van der Waals surface area contributed by atoms with Crippen molar-refractivity contribution in [2.75, 3.05) is 6.67 Å². The fraction of sp³-hybridized carbons (Fsp3) is 0.333. The maximum Gasteiger partial charge on any atom is 0.0934 e. The normalized spacial score (nSPS) is 10.0. The minimum Gasteiger partial charge on any atom is -0.326 e. The van der Waals surface area contributed by atoms with Crippen LogP contribution in [0, 0.1) is 0 Å². The van der Waals surface area contributed by atoms with E-state index in [4.69, 9.17) is 5.73 Å². The lowest BCUT2D eigenvalue weighted by molar-refractivity contribution is 0.495. The summed E-state index contributed by atoms with van der Waals surface area (Å²) in [7, 11) is 0. The fourth-order valence-corrected chi connectivity index (χ4v) is 1.02. The van der Waals surface area contributed by atoms with Crippen LogP contribution in [0.5, 0.6) is 0 Å². The van der Waals surface area contributed by atoms with E-state index in [9.17, 15) is 4.39 Å². The van der Waals surface area contributed by atoms with Crippen molar-refractivity contribution in [1.29, 1.82) is 0 Å². The first-order chi connectivity index (χ1) is 5.36. The van der Waals surface area contributed by atoms with Crippen LogP contribution >= 0.6 is 0 Å². The van der Waals surface area contributed by atoms with Crippen molar-refractivity contribution < 1.29 is 4.39 Å². The summed E-state index contributed by atoms with van der Waals surface area (Å²) >= 11 is 0. The van der Waals surface area contributed by atoms with Gasteiger partial charge in [0, 0.05) is 13.0 Å². The quantitative estimate of drug-likeness (QED) is 0.702. The van der Waals surface area contributed by atoms with Crippen LogP contribution in [0.2, 0.25) is 0 Å². The predicted octanol–water partition coefficient (Wildman–Crippen LogP) is 1.66. The molecule has 0 aliphatic heterocycles. The Balaban J connectivity index is 2.74. The lowest BCUT2D eigenvalue weighted by Gasteiger charge is -1.99. The number of halogens is 1. The van der Waals surface area contributed by atoms with Gasteiger partial charge in [-0.15, -0.1) is 0 Å². The van der Waals surface area contributed by atoms with Gasteiger partial charge in [0.1, 0.15) is 0 Å². The van der Waals surface area contributed by atoms with E-state index in [2.05, 4.69) is 0 Å². The van der Waals surface area contributed by atoms with Gasteiger partial charge in [0.2, 0.25) is 0 Å². The third kappa shape index (κ3) is 2.31. The average molecular weight is 153 g/mol. The van der Waals surface area contributed by atoms with Crippen molar-refractivity contribution in [2.45, 2.75) is 13.0 Å². The van der Waals surface area contributed by atoms with Gasteiger partial charge in [-0.2, -0.15) is 0 Å². The van der Waals surface area contributed by atoms with Gasteiger partial charge >= 0.3 is 0 Å². The highest BCUT2D eigenvalue weighted by atomic mass is 19.1. The van der Waals surface area contributed by atoms with E-state index in [0.29, 0.717) is 13.0 Å². The maximum absolute atomic E-state index is 11.9. The predicted molar refractivity (Wildman–Crippen MR) is 44.0 cm³/mol. The molecule has 60 valence electrons. The van der Waals surface area contributed by atoms with Gasteiger partial charge < -0.3 is 5.73 Å². The Hall–Kier alpha value is -0.890. The van der Waals surface area contributed by atoms with Gasteiger partial charge in [-0.1, -0.05) is 24.3 Å². The lowest BCUT2D eigenvalue weighted by atomic mass is 10.1. The maximum atomic E-state index is 11.9. The third-order valence-corrected chi connectivity index (χ3v) is 1.61. The van der Waals surface area contributed by atoms with Crippen LogP contribution in [0.4, 0.5) is 4.39 Å². The molecule has 0 spiro atoms. The first-order valence-corrected chi connectivity index (χ1v) is 3.70. The molecular weight excluding hydrogens is 141 g/mol. The van der Waals surface area contributed by atoms with Crippen molar-refractivity contribution in [1.82, 2.24) is 0 Å². The van der Waals surface area contributed by atoms with Crippen LogP contribution in [0.1, 0.15) is 11.1 Å². The third-order valence-electron chi connectivity index (χ3n) is 1.61. The molecule has 0 radical (unpaired) electrons. The Morgan fingerprint density at radius 3 is 2.64 bits per heavy atom. The lowest BCUT2D eigenvalue weighted by Crippen LogP contribution is -1.97. The molecule has 0 saturated carbocycles. The molecule has 0 bridgehead atoms. The number of nitrogens with two attached hydrogens (primary N) is 1. The average Bonchev–Trinajstić information content (AvgIpc) is 2.06. The summed E-state index contributed by atoms with van der Waals surface area (Å²) in [5.41, 5.74) is 7.51. The zero-order chi connectivity index (χ0) is 8.10. The molecular formula is C9H12FN. The number of hydrogen-bond donors (Lipinski definition) is 1. The monoisotopic (exact) mass is 153 g/mol. The molecule has 0 amide bonds. The molecule has 0 aliphatic carbocycles. The van der Waals surface area contributed by atoms with E-state index in [1.165, 1.54) is 0 Å². The summed E-state index contributed by atoms with van der Waals surface area (Å²) in [6.07, 6.45) is 0.494. The first kappa shape index (κ1) is 8.21. The minimum absolute atomic E-state index is 0.298. The molecule has 2 heteroatoms. The Labute approximate surface area is 66.0 Å². The molecule has 11 heavy (non-hydrogen) atoms. The number of alkyl halides is 1. The molecule has 0 atom stereocenters. The van der Waals surface area contributed by atoms with E-state index >= 15 is 0 Å². The van der Waals surface area contributed by atoms with E-state index < -0.39 is 0 Å². The summed E-state index contributed by atoms with van der Waals surface area (Å²) in [4.78, 5) is 0. The summed E-state index contributed by atoms with van der Waals surface area (Å²) in [5.74, 6) is 0. The standard InChI is InChI=1S/C9H12FN/c10-5-4-8-2-1-3-9(6-8)7-11/h1-3,6H,4-5,7,11H2. The van der Waals surface area contributed by atoms with Crippen LogP contribution < -0.4 is 5.73 Å². The van der Waals surface area contributed by atoms with Crippen LogP contribution in [0.25, 0.3) is 0 Å². The van der Waals surface area contributed by atoms with Crippen LogP contribution in [0.15, 0.2) is 24.3 Å². The summed E-state index contributed by atoms with van der Waals surface area (Å²) in [6, 6.07) is 7.72. The van der Waals surface area contributed by atoms with E-state index in [-0.39, 0.29) is 6.67 Å². The second-order valence-corrected chi connectivity index (χ2v) is 2.46. The highest BCUT2D eigenvalue weighted by Crippen LogP contribution is 2.05. The molecule has 0 unspecified atom stereocenters. The Morgan fingerprint density at radius 2 is 2.00 bits per heavy atom. The van der Waals surface area contributed by atoms with Crippen LogP contribution in [-0.4, -0.2) is 6.67 Å². The number of hydrogen-bond acceptors (Lipinski definition) is 1. The van der Waals surface area contributed by atoms with Gasteiger partial charge in [0.25, 0.3) is 0 Å². The highest BCUT2D eigenvalue weighted by Gasteiger charge is 1.93. The summed E-state index contributed by atoms with van der Waals surface area (Å²) < 4.78 is 11.9. The SMILES string of the molecule is NCc1cccc(CCF)c1. The van der Waals surface area contributed by atoms with Crippen molar-refractivity contribution in [2.24, 2.45) is 5.73 Å². The summed E-state index contributed by atoms with van der Waals surface area (Å²) in [5, 5.41) is 0. The smallest absolute Gasteiger partial charge is 0.0934 e. The van der Waals surface area contributed by atoms with Gasteiger partial charge in [-0.3, -0.25) is 4.39 Å². The van der Waals surface area contributed by atoms with E-state index in [0.717, 1.165) is 11.1 Å². The second-order valence-electron chi connectivity index (χ2n) is 2.46.